The van der Waals surface area contributed by atoms with Crippen molar-refractivity contribution in [2.24, 2.45) is 0 Å². The van der Waals surface area contributed by atoms with E-state index in [4.69, 9.17) is 0 Å². The molecule has 0 fully saturated rings. The Kier molecular flexibility index (Phi) is 3.30. The molecule has 6 heteroatoms. The highest BCUT2D eigenvalue weighted by atomic mass is 32.1. The van der Waals surface area contributed by atoms with Crippen LogP contribution < -0.4 is 4.90 Å². The van der Waals surface area contributed by atoms with Gasteiger partial charge in [-0.3, -0.25) is 0 Å². The monoisotopic (exact) mass is 272 g/mol. The highest BCUT2D eigenvalue weighted by Gasteiger charge is 2.34. The minimum Gasteiger partial charge on any atom is -0.363 e. The molecule has 2 aromatic heterocycles. The quantitative estimate of drug-likeness (QED) is 0.824. The number of alkyl halides is 3. The van der Waals surface area contributed by atoms with Crippen molar-refractivity contribution < 1.29 is 13.2 Å². The van der Waals surface area contributed by atoms with Crippen molar-refractivity contribution in [3.05, 3.63) is 34.7 Å². The Balaban J connectivity index is 2.60. The van der Waals surface area contributed by atoms with Crippen molar-refractivity contribution in [1.29, 1.82) is 0 Å². The summed E-state index contributed by atoms with van der Waals surface area (Å²) in [6, 6.07) is 2.74. The predicted molar refractivity (Wildman–Crippen MR) is 66.9 cm³/mol. The molecule has 0 aromatic carbocycles. The summed E-state index contributed by atoms with van der Waals surface area (Å²) in [5.74, 6) is 0.293. The maximum atomic E-state index is 13.0. The molecule has 0 amide bonds. The molecule has 96 valence electrons. The van der Waals surface area contributed by atoms with E-state index < -0.39 is 11.7 Å². The molecule has 0 unspecified atom stereocenters. The molecule has 0 N–H and O–H groups in total. The van der Waals surface area contributed by atoms with E-state index in [0.29, 0.717) is 11.4 Å². The highest BCUT2D eigenvalue weighted by Crippen LogP contribution is 2.38. The van der Waals surface area contributed by atoms with Gasteiger partial charge in [0.05, 0.1) is 5.56 Å². The van der Waals surface area contributed by atoms with Gasteiger partial charge < -0.3 is 4.90 Å². The van der Waals surface area contributed by atoms with Crippen molar-refractivity contribution in [3.8, 4) is 11.1 Å². The third-order valence-corrected chi connectivity index (χ3v) is 3.17. The van der Waals surface area contributed by atoms with Crippen molar-refractivity contribution in [2.45, 2.75) is 6.18 Å². The lowest BCUT2D eigenvalue weighted by Crippen LogP contribution is -2.14. The largest absolute Gasteiger partial charge is 0.417 e. The van der Waals surface area contributed by atoms with E-state index >= 15 is 0 Å². The van der Waals surface area contributed by atoms with Crippen LogP contribution in [0.25, 0.3) is 11.1 Å². The summed E-state index contributed by atoms with van der Waals surface area (Å²) in [6.07, 6.45) is -3.11. The van der Waals surface area contributed by atoms with Crippen molar-refractivity contribution in [1.82, 2.24) is 4.98 Å². The van der Waals surface area contributed by atoms with Crippen LogP contribution in [0.15, 0.2) is 29.1 Å². The van der Waals surface area contributed by atoms with Gasteiger partial charge in [0.1, 0.15) is 5.82 Å². The number of aromatic nitrogens is 1. The van der Waals surface area contributed by atoms with Crippen LogP contribution in [0.2, 0.25) is 0 Å². The third kappa shape index (κ3) is 2.48. The summed E-state index contributed by atoms with van der Waals surface area (Å²) in [7, 11) is 3.32. The topological polar surface area (TPSA) is 16.1 Å². The molecule has 0 aliphatic heterocycles. The normalized spacial score (nSPS) is 11.6. The average Bonchev–Trinajstić information content (AvgIpc) is 2.80. The summed E-state index contributed by atoms with van der Waals surface area (Å²) in [5.41, 5.74) is 0.0130. The lowest BCUT2D eigenvalue weighted by molar-refractivity contribution is -0.137. The molecule has 0 radical (unpaired) electrons. The van der Waals surface area contributed by atoms with Gasteiger partial charge in [-0.05, 0) is 28.5 Å². The number of thiophene rings is 1. The lowest BCUT2D eigenvalue weighted by atomic mass is 10.0. The Morgan fingerprint density at radius 1 is 1.28 bits per heavy atom. The van der Waals surface area contributed by atoms with E-state index in [0.717, 1.165) is 6.07 Å². The van der Waals surface area contributed by atoms with Crippen molar-refractivity contribution >= 4 is 17.2 Å². The molecule has 2 nitrogen and oxygen atoms in total. The maximum absolute atomic E-state index is 13.0. The van der Waals surface area contributed by atoms with Crippen LogP contribution in [0.3, 0.4) is 0 Å². The lowest BCUT2D eigenvalue weighted by Gasteiger charge is -2.16. The zero-order chi connectivity index (χ0) is 13.3. The molecule has 0 saturated heterocycles. The Morgan fingerprint density at radius 2 is 2.00 bits per heavy atom. The SMILES string of the molecule is CN(C)c1cc(C(F)(F)F)c(-c2ccsc2)cn1. The minimum atomic E-state index is -4.38. The zero-order valence-electron chi connectivity index (χ0n) is 9.82. The van der Waals surface area contributed by atoms with E-state index in [2.05, 4.69) is 4.98 Å². The molecule has 2 heterocycles. The summed E-state index contributed by atoms with van der Waals surface area (Å²) in [4.78, 5) is 5.59. The molecule has 0 spiro atoms. The summed E-state index contributed by atoms with van der Waals surface area (Å²) >= 11 is 1.36. The van der Waals surface area contributed by atoms with Crippen LogP contribution in [0, 0.1) is 0 Å². The maximum Gasteiger partial charge on any atom is 0.417 e. The number of halogens is 3. The first-order chi connectivity index (χ1) is 8.39. The van der Waals surface area contributed by atoms with E-state index in [1.807, 2.05) is 0 Å². The van der Waals surface area contributed by atoms with Crippen LogP contribution in [-0.4, -0.2) is 19.1 Å². The van der Waals surface area contributed by atoms with Gasteiger partial charge in [-0.2, -0.15) is 24.5 Å². The Labute approximate surface area is 107 Å². The fourth-order valence-electron chi connectivity index (χ4n) is 1.57. The van der Waals surface area contributed by atoms with E-state index in [1.165, 1.54) is 17.5 Å². The Bertz CT molecular complexity index is 533. The molecule has 18 heavy (non-hydrogen) atoms. The standard InChI is InChI=1S/C12H11F3N2S/c1-17(2)11-5-10(12(13,14)15)9(6-16-11)8-3-4-18-7-8/h3-7H,1-2H3. The molecule has 2 rings (SSSR count). The van der Waals surface area contributed by atoms with Gasteiger partial charge in [0.15, 0.2) is 0 Å². The zero-order valence-corrected chi connectivity index (χ0v) is 10.6. The van der Waals surface area contributed by atoms with E-state index in [9.17, 15) is 13.2 Å². The molecule has 0 saturated carbocycles. The van der Waals surface area contributed by atoms with Gasteiger partial charge in [0, 0.05) is 25.9 Å². The average molecular weight is 272 g/mol. The van der Waals surface area contributed by atoms with Crippen LogP contribution in [0.5, 0.6) is 0 Å². The third-order valence-electron chi connectivity index (χ3n) is 2.49. The Morgan fingerprint density at radius 3 is 2.50 bits per heavy atom. The highest BCUT2D eigenvalue weighted by molar-refractivity contribution is 7.08. The molecule has 0 atom stereocenters. The van der Waals surface area contributed by atoms with Gasteiger partial charge in [-0.1, -0.05) is 0 Å². The molecule has 0 aliphatic carbocycles. The van der Waals surface area contributed by atoms with Gasteiger partial charge in [-0.25, -0.2) is 4.98 Å². The number of hydrogen-bond acceptors (Lipinski definition) is 3. The molecule has 0 aliphatic rings. The number of pyridine rings is 1. The first kappa shape index (κ1) is 12.9. The summed E-state index contributed by atoms with van der Waals surface area (Å²) in [5, 5.41) is 3.43. The van der Waals surface area contributed by atoms with Crippen LogP contribution >= 0.6 is 11.3 Å². The van der Waals surface area contributed by atoms with Gasteiger partial charge >= 0.3 is 6.18 Å². The first-order valence-electron chi connectivity index (χ1n) is 5.16. The van der Waals surface area contributed by atoms with Gasteiger partial charge in [0.2, 0.25) is 0 Å². The number of rotatable bonds is 2. The summed E-state index contributed by atoms with van der Waals surface area (Å²) in [6.45, 7) is 0. The number of nitrogens with zero attached hydrogens (tertiary/aromatic N) is 2. The van der Waals surface area contributed by atoms with E-state index in [1.54, 1.807) is 35.8 Å². The van der Waals surface area contributed by atoms with Crippen molar-refractivity contribution in [3.63, 3.8) is 0 Å². The molecule has 2 aromatic rings. The molecular formula is C12H11F3N2S. The van der Waals surface area contributed by atoms with Crippen LogP contribution in [0.1, 0.15) is 5.56 Å². The smallest absolute Gasteiger partial charge is 0.363 e. The molecular weight excluding hydrogens is 261 g/mol. The van der Waals surface area contributed by atoms with Crippen LogP contribution in [0.4, 0.5) is 19.0 Å². The minimum absolute atomic E-state index is 0.120. The number of hydrogen-bond donors (Lipinski definition) is 0. The fourth-order valence-corrected chi connectivity index (χ4v) is 2.23. The predicted octanol–water partition coefficient (Wildman–Crippen LogP) is 3.89. The fraction of sp³-hybridized carbons (Fsp3) is 0.250. The van der Waals surface area contributed by atoms with Crippen LogP contribution in [-0.2, 0) is 6.18 Å². The second kappa shape index (κ2) is 4.61. The molecule has 0 bridgehead atoms. The first-order valence-corrected chi connectivity index (χ1v) is 6.11. The number of anilines is 1. The summed E-state index contributed by atoms with van der Waals surface area (Å²) < 4.78 is 39.1. The van der Waals surface area contributed by atoms with E-state index in [-0.39, 0.29) is 5.56 Å². The second-order valence-electron chi connectivity index (χ2n) is 3.99. The Hall–Kier alpha value is -1.56. The van der Waals surface area contributed by atoms with Gasteiger partial charge in [-0.15, -0.1) is 0 Å². The van der Waals surface area contributed by atoms with Crippen molar-refractivity contribution in [2.75, 3.05) is 19.0 Å². The second-order valence-corrected chi connectivity index (χ2v) is 4.77. The van der Waals surface area contributed by atoms with Gasteiger partial charge in [0.25, 0.3) is 0 Å².